The fourth-order valence-corrected chi connectivity index (χ4v) is 5.16. The molecule has 0 radical (unpaired) electrons. The molecule has 1 aliphatic carbocycles. The fraction of sp³-hybridized carbons (Fsp3) is 0.621. The van der Waals surface area contributed by atoms with E-state index in [4.69, 9.17) is 4.74 Å². The third kappa shape index (κ3) is 8.31. The number of aryl methyl sites for hydroxylation is 1. The molecule has 0 saturated heterocycles. The van der Waals surface area contributed by atoms with Gasteiger partial charge in [-0.15, -0.1) is 0 Å². The minimum Gasteiger partial charge on any atom is -0.492 e. The summed E-state index contributed by atoms with van der Waals surface area (Å²) >= 11 is 0. The Kier molecular flexibility index (Phi) is 10.4. The van der Waals surface area contributed by atoms with Crippen molar-refractivity contribution >= 4 is 0 Å². The Morgan fingerprint density at radius 2 is 1.58 bits per heavy atom. The Labute approximate surface area is 190 Å². The molecule has 1 heterocycles. The first-order chi connectivity index (χ1) is 15.3. The van der Waals surface area contributed by atoms with Crippen LogP contribution in [-0.4, -0.2) is 11.6 Å². The number of rotatable bonds is 13. The van der Waals surface area contributed by atoms with Gasteiger partial charge in [-0.3, -0.25) is 4.98 Å². The van der Waals surface area contributed by atoms with Gasteiger partial charge >= 0.3 is 0 Å². The second-order valence-corrected chi connectivity index (χ2v) is 9.50. The lowest BCUT2D eigenvalue weighted by atomic mass is 9.77. The lowest BCUT2D eigenvalue weighted by Crippen LogP contribution is -2.16. The standard InChI is InChI=1S/C29H43NO/c1-3-5-6-7-8-9-11-25-12-10-13-26(22-25)15-14-24-16-18-27(19-17-24)29-21-20-28(23-30-29)31-4-2/h16-21,23,25-26H,3-15,22H2,1-2H3. The van der Waals surface area contributed by atoms with Crippen molar-refractivity contribution in [2.45, 2.75) is 97.3 Å². The number of aromatic nitrogens is 1. The summed E-state index contributed by atoms with van der Waals surface area (Å²) in [4.78, 5) is 4.55. The molecule has 1 aliphatic rings. The number of benzene rings is 1. The maximum absolute atomic E-state index is 5.49. The minimum atomic E-state index is 0.677. The van der Waals surface area contributed by atoms with Crippen molar-refractivity contribution < 1.29 is 4.74 Å². The van der Waals surface area contributed by atoms with Crippen LogP contribution in [0.25, 0.3) is 11.3 Å². The summed E-state index contributed by atoms with van der Waals surface area (Å²) in [5.74, 6) is 2.77. The number of hydrogen-bond donors (Lipinski definition) is 0. The lowest BCUT2D eigenvalue weighted by molar-refractivity contribution is 0.239. The summed E-state index contributed by atoms with van der Waals surface area (Å²) in [6, 6.07) is 13.1. The Morgan fingerprint density at radius 3 is 2.29 bits per heavy atom. The van der Waals surface area contributed by atoms with E-state index in [1.165, 1.54) is 94.6 Å². The third-order valence-corrected chi connectivity index (χ3v) is 7.00. The van der Waals surface area contributed by atoms with Crippen LogP contribution >= 0.6 is 0 Å². The van der Waals surface area contributed by atoms with Gasteiger partial charge in [0.25, 0.3) is 0 Å². The highest BCUT2D eigenvalue weighted by Gasteiger charge is 2.21. The zero-order valence-electron chi connectivity index (χ0n) is 20.0. The molecule has 0 bridgehead atoms. The van der Waals surface area contributed by atoms with Gasteiger partial charge in [-0.25, -0.2) is 0 Å². The SMILES string of the molecule is CCCCCCCCC1CCCC(CCc2ccc(-c3ccc(OCC)cn3)cc2)C1. The smallest absolute Gasteiger partial charge is 0.137 e. The van der Waals surface area contributed by atoms with Gasteiger partial charge in [0.15, 0.2) is 0 Å². The molecule has 2 heteroatoms. The first-order valence-electron chi connectivity index (χ1n) is 13.0. The van der Waals surface area contributed by atoms with Crippen LogP contribution < -0.4 is 4.74 Å². The van der Waals surface area contributed by atoms with Crippen LogP contribution in [0.3, 0.4) is 0 Å². The Hall–Kier alpha value is -1.83. The molecule has 2 nitrogen and oxygen atoms in total. The van der Waals surface area contributed by atoms with Crippen LogP contribution in [0, 0.1) is 11.8 Å². The van der Waals surface area contributed by atoms with E-state index in [0.29, 0.717) is 6.61 Å². The van der Waals surface area contributed by atoms with Crippen molar-refractivity contribution in [2.75, 3.05) is 6.61 Å². The van der Waals surface area contributed by atoms with Gasteiger partial charge in [0, 0.05) is 5.56 Å². The van der Waals surface area contributed by atoms with E-state index in [-0.39, 0.29) is 0 Å². The van der Waals surface area contributed by atoms with Gasteiger partial charge in [0.05, 0.1) is 18.5 Å². The molecule has 2 atom stereocenters. The Bertz CT molecular complexity index is 721. The van der Waals surface area contributed by atoms with Gasteiger partial charge in [-0.05, 0) is 55.7 Å². The van der Waals surface area contributed by atoms with E-state index in [0.717, 1.165) is 23.3 Å². The summed E-state index contributed by atoms with van der Waals surface area (Å²) in [7, 11) is 0. The predicted molar refractivity (Wildman–Crippen MR) is 133 cm³/mol. The highest BCUT2D eigenvalue weighted by atomic mass is 16.5. The first-order valence-corrected chi connectivity index (χ1v) is 13.0. The Balaban J connectivity index is 1.39. The van der Waals surface area contributed by atoms with Crippen molar-refractivity contribution in [1.29, 1.82) is 0 Å². The van der Waals surface area contributed by atoms with Gasteiger partial charge in [-0.1, -0.05) is 95.4 Å². The highest BCUT2D eigenvalue weighted by Crippen LogP contribution is 2.35. The topological polar surface area (TPSA) is 22.1 Å². The van der Waals surface area contributed by atoms with Crippen LogP contribution in [0.1, 0.15) is 96.5 Å². The molecule has 170 valence electrons. The number of unbranched alkanes of at least 4 members (excludes halogenated alkanes) is 5. The number of pyridine rings is 1. The normalized spacial score (nSPS) is 18.8. The van der Waals surface area contributed by atoms with Gasteiger partial charge in [-0.2, -0.15) is 0 Å². The molecule has 2 unspecified atom stereocenters. The van der Waals surface area contributed by atoms with E-state index in [1.807, 2.05) is 25.3 Å². The first kappa shape index (κ1) is 23.8. The van der Waals surface area contributed by atoms with Gasteiger partial charge in [0.1, 0.15) is 5.75 Å². The summed E-state index contributed by atoms with van der Waals surface area (Å²) in [5.41, 5.74) is 3.66. The predicted octanol–water partition coefficient (Wildman–Crippen LogP) is 8.64. The molecule has 1 aromatic heterocycles. The quantitative estimate of drug-likeness (QED) is 0.302. The molecule has 2 aromatic rings. The fourth-order valence-electron chi connectivity index (χ4n) is 5.16. The molecule has 0 N–H and O–H groups in total. The van der Waals surface area contributed by atoms with Crippen LogP contribution in [0.5, 0.6) is 5.75 Å². The van der Waals surface area contributed by atoms with Crippen LogP contribution in [-0.2, 0) is 6.42 Å². The molecular formula is C29H43NO. The highest BCUT2D eigenvalue weighted by molar-refractivity contribution is 5.59. The maximum Gasteiger partial charge on any atom is 0.137 e. The second kappa shape index (κ2) is 13.6. The molecule has 0 amide bonds. The average molecular weight is 422 g/mol. The van der Waals surface area contributed by atoms with E-state index in [9.17, 15) is 0 Å². The zero-order valence-corrected chi connectivity index (χ0v) is 20.0. The van der Waals surface area contributed by atoms with E-state index >= 15 is 0 Å². The van der Waals surface area contributed by atoms with Crippen molar-refractivity contribution in [3.8, 4) is 17.0 Å². The van der Waals surface area contributed by atoms with Gasteiger partial charge < -0.3 is 4.74 Å². The van der Waals surface area contributed by atoms with E-state index in [2.05, 4.69) is 36.2 Å². The number of hydrogen-bond acceptors (Lipinski definition) is 2. The summed E-state index contributed by atoms with van der Waals surface area (Å²) in [5, 5.41) is 0. The second-order valence-electron chi connectivity index (χ2n) is 9.50. The summed E-state index contributed by atoms with van der Waals surface area (Å²) in [6.07, 6.45) is 20.3. The molecule has 0 spiro atoms. The molecule has 3 rings (SSSR count). The van der Waals surface area contributed by atoms with Crippen molar-refractivity contribution in [3.63, 3.8) is 0 Å². The van der Waals surface area contributed by atoms with E-state index < -0.39 is 0 Å². The lowest BCUT2D eigenvalue weighted by Gasteiger charge is -2.29. The molecule has 1 fully saturated rings. The molecule has 31 heavy (non-hydrogen) atoms. The van der Waals surface area contributed by atoms with Gasteiger partial charge in [0.2, 0.25) is 0 Å². The zero-order chi connectivity index (χ0) is 21.7. The number of ether oxygens (including phenoxy) is 1. The van der Waals surface area contributed by atoms with Crippen LogP contribution in [0.2, 0.25) is 0 Å². The van der Waals surface area contributed by atoms with Crippen LogP contribution in [0.15, 0.2) is 42.6 Å². The molecule has 1 saturated carbocycles. The van der Waals surface area contributed by atoms with E-state index in [1.54, 1.807) is 0 Å². The number of nitrogens with zero attached hydrogens (tertiary/aromatic N) is 1. The largest absolute Gasteiger partial charge is 0.492 e. The van der Waals surface area contributed by atoms with Crippen molar-refractivity contribution in [1.82, 2.24) is 4.98 Å². The third-order valence-electron chi connectivity index (χ3n) is 7.00. The van der Waals surface area contributed by atoms with Crippen molar-refractivity contribution in [2.24, 2.45) is 11.8 Å². The van der Waals surface area contributed by atoms with Crippen molar-refractivity contribution in [3.05, 3.63) is 48.2 Å². The molecular weight excluding hydrogens is 378 g/mol. The monoisotopic (exact) mass is 421 g/mol. The molecule has 1 aromatic carbocycles. The average Bonchev–Trinajstić information content (AvgIpc) is 2.81. The summed E-state index contributed by atoms with van der Waals surface area (Å²) in [6.45, 7) is 4.97. The maximum atomic E-state index is 5.49. The minimum absolute atomic E-state index is 0.677. The molecule has 0 aliphatic heterocycles. The van der Waals surface area contributed by atoms with Crippen LogP contribution in [0.4, 0.5) is 0 Å². The summed E-state index contributed by atoms with van der Waals surface area (Å²) < 4.78 is 5.49. The Morgan fingerprint density at radius 1 is 0.839 bits per heavy atom.